The third-order valence-corrected chi connectivity index (χ3v) is 3.25. The molecule has 0 saturated carbocycles. The summed E-state index contributed by atoms with van der Waals surface area (Å²) in [5.74, 6) is 0.954. The van der Waals surface area contributed by atoms with Gasteiger partial charge in [0.05, 0.1) is 6.61 Å². The highest BCUT2D eigenvalue weighted by molar-refractivity contribution is 6.30. The van der Waals surface area contributed by atoms with Crippen LogP contribution in [-0.2, 0) is 0 Å². The fourth-order valence-corrected chi connectivity index (χ4v) is 2.05. The number of unbranched alkanes of at least 4 members (excludes halogenated alkanes) is 1. The van der Waals surface area contributed by atoms with Crippen LogP contribution in [-0.4, -0.2) is 13.2 Å². The van der Waals surface area contributed by atoms with Gasteiger partial charge in [0, 0.05) is 17.3 Å². The Bertz CT molecular complexity index is 525. The van der Waals surface area contributed by atoms with Gasteiger partial charge in [-0.2, -0.15) is 0 Å². The predicted octanol–water partition coefficient (Wildman–Crippen LogP) is 4.92. The maximum Gasteiger partial charge on any atom is 0.119 e. The smallest absolute Gasteiger partial charge is 0.119 e. The molecule has 1 N–H and O–H groups in total. The van der Waals surface area contributed by atoms with Crippen LogP contribution in [0.3, 0.4) is 0 Å². The molecule has 0 aliphatic carbocycles. The van der Waals surface area contributed by atoms with Crippen LogP contribution in [0.5, 0.6) is 5.75 Å². The third kappa shape index (κ3) is 5.14. The van der Waals surface area contributed by atoms with Crippen LogP contribution in [0.2, 0.25) is 5.02 Å². The second-order valence-corrected chi connectivity index (χ2v) is 5.24. The van der Waals surface area contributed by atoms with Crippen molar-refractivity contribution in [2.75, 3.05) is 18.5 Å². The van der Waals surface area contributed by atoms with Gasteiger partial charge in [0.2, 0.25) is 0 Å². The molecule has 2 rings (SSSR count). The molecular formula is C17H20ClNO. The fourth-order valence-electron chi connectivity index (χ4n) is 1.92. The number of ether oxygens (including phenoxy) is 1. The summed E-state index contributed by atoms with van der Waals surface area (Å²) in [5, 5.41) is 4.13. The van der Waals surface area contributed by atoms with Gasteiger partial charge in [0.25, 0.3) is 0 Å². The summed E-state index contributed by atoms with van der Waals surface area (Å²) >= 11 is 5.84. The van der Waals surface area contributed by atoms with E-state index >= 15 is 0 Å². The minimum atomic E-state index is 0.756. The molecule has 0 spiro atoms. The molecule has 2 aromatic rings. The second kappa shape index (κ2) is 7.81. The minimum Gasteiger partial charge on any atom is -0.494 e. The van der Waals surface area contributed by atoms with Crippen molar-refractivity contribution >= 4 is 17.3 Å². The fraction of sp³-hybridized carbons (Fsp3) is 0.294. The molecule has 2 aromatic carbocycles. The number of nitrogens with one attached hydrogen (secondary N) is 1. The summed E-state index contributed by atoms with van der Waals surface area (Å²) in [6.07, 6.45) is 2.11. The van der Waals surface area contributed by atoms with Crippen LogP contribution < -0.4 is 10.1 Å². The number of benzene rings is 2. The maximum atomic E-state index is 5.84. The Balaban J connectivity index is 1.59. The second-order valence-electron chi connectivity index (χ2n) is 4.81. The molecule has 0 radical (unpaired) electrons. The van der Waals surface area contributed by atoms with Crippen LogP contribution >= 0.6 is 11.6 Å². The van der Waals surface area contributed by atoms with Crippen molar-refractivity contribution in [1.29, 1.82) is 0 Å². The van der Waals surface area contributed by atoms with Gasteiger partial charge in [-0.15, -0.1) is 0 Å². The first kappa shape index (κ1) is 14.7. The van der Waals surface area contributed by atoms with Crippen molar-refractivity contribution in [3.05, 3.63) is 59.1 Å². The van der Waals surface area contributed by atoms with Crippen molar-refractivity contribution in [2.45, 2.75) is 19.8 Å². The van der Waals surface area contributed by atoms with E-state index in [0.29, 0.717) is 0 Å². The van der Waals surface area contributed by atoms with E-state index in [0.717, 1.165) is 42.5 Å². The number of aryl methyl sites for hydroxylation is 1. The molecule has 0 unspecified atom stereocenters. The summed E-state index contributed by atoms with van der Waals surface area (Å²) in [7, 11) is 0. The lowest BCUT2D eigenvalue weighted by molar-refractivity contribution is 0.308. The van der Waals surface area contributed by atoms with Crippen LogP contribution in [0.25, 0.3) is 0 Å². The van der Waals surface area contributed by atoms with Crippen molar-refractivity contribution < 1.29 is 4.74 Å². The highest BCUT2D eigenvalue weighted by Gasteiger charge is 1.95. The van der Waals surface area contributed by atoms with Gasteiger partial charge in [0.1, 0.15) is 5.75 Å². The van der Waals surface area contributed by atoms with E-state index in [9.17, 15) is 0 Å². The minimum absolute atomic E-state index is 0.756. The maximum absolute atomic E-state index is 5.84. The SMILES string of the molecule is Cc1cccc(OCCCCNc2ccc(Cl)cc2)c1. The summed E-state index contributed by atoms with van der Waals surface area (Å²) in [6.45, 7) is 3.77. The van der Waals surface area contributed by atoms with Gasteiger partial charge < -0.3 is 10.1 Å². The molecule has 2 nitrogen and oxygen atoms in total. The Morgan fingerprint density at radius 2 is 1.85 bits per heavy atom. The monoisotopic (exact) mass is 289 g/mol. The Labute approximate surface area is 125 Å². The number of anilines is 1. The van der Waals surface area contributed by atoms with E-state index < -0.39 is 0 Å². The number of hydrogen-bond donors (Lipinski definition) is 1. The normalized spacial score (nSPS) is 10.3. The lowest BCUT2D eigenvalue weighted by Gasteiger charge is -2.08. The van der Waals surface area contributed by atoms with E-state index in [4.69, 9.17) is 16.3 Å². The quantitative estimate of drug-likeness (QED) is 0.731. The molecule has 3 heteroatoms. The molecule has 0 aliphatic rings. The van der Waals surface area contributed by atoms with Crippen molar-refractivity contribution in [2.24, 2.45) is 0 Å². The van der Waals surface area contributed by atoms with Crippen LogP contribution in [0.4, 0.5) is 5.69 Å². The van der Waals surface area contributed by atoms with Crippen LogP contribution in [0.1, 0.15) is 18.4 Å². The predicted molar refractivity (Wildman–Crippen MR) is 85.8 cm³/mol. The van der Waals surface area contributed by atoms with Gasteiger partial charge in [-0.3, -0.25) is 0 Å². The standard InChI is InChI=1S/C17H20ClNO/c1-14-5-4-6-17(13-14)20-12-3-2-11-19-16-9-7-15(18)8-10-16/h4-10,13,19H,2-3,11-12H2,1H3. The van der Waals surface area contributed by atoms with E-state index in [1.165, 1.54) is 5.56 Å². The zero-order valence-corrected chi connectivity index (χ0v) is 12.5. The van der Waals surface area contributed by atoms with E-state index in [1.807, 2.05) is 36.4 Å². The van der Waals surface area contributed by atoms with E-state index in [-0.39, 0.29) is 0 Å². The first-order chi connectivity index (χ1) is 9.74. The molecule has 106 valence electrons. The van der Waals surface area contributed by atoms with Crippen molar-refractivity contribution in [3.63, 3.8) is 0 Å². The Morgan fingerprint density at radius 3 is 2.60 bits per heavy atom. The van der Waals surface area contributed by atoms with Crippen LogP contribution in [0, 0.1) is 6.92 Å². The molecule has 0 aromatic heterocycles. The number of hydrogen-bond acceptors (Lipinski definition) is 2. The summed E-state index contributed by atoms with van der Waals surface area (Å²) in [5.41, 5.74) is 2.33. The third-order valence-electron chi connectivity index (χ3n) is 3.00. The molecule has 0 heterocycles. The number of halogens is 1. The zero-order valence-electron chi connectivity index (χ0n) is 11.7. The summed E-state index contributed by atoms with van der Waals surface area (Å²) in [4.78, 5) is 0. The highest BCUT2D eigenvalue weighted by Crippen LogP contribution is 2.14. The molecule has 0 bridgehead atoms. The highest BCUT2D eigenvalue weighted by atomic mass is 35.5. The van der Waals surface area contributed by atoms with Crippen LogP contribution in [0.15, 0.2) is 48.5 Å². The largest absolute Gasteiger partial charge is 0.494 e. The average molecular weight is 290 g/mol. The topological polar surface area (TPSA) is 21.3 Å². The van der Waals surface area contributed by atoms with Gasteiger partial charge in [-0.05, 0) is 61.7 Å². The molecule has 20 heavy (non-hydrogen) atoms. The van der Waals surface area contributed by atoms with E-state index in [1.54, 1.807) is 0 Å². The lowest BCUT2D eigenvalue weighted by atomic mass is 10.2. The summed E-state index contributed by atoms with van der Waals surface area (Å²) in [6, 6.07) is 15.9. The van der Waals surface area contributed by atoms with Gasteiger partial charge in [0.15, 0.2) is 0 Å². The molecule has 0 aliphatic heterocycles. The Hall–Kier alpha value is -1.67. The molecule has 0 fully saturated rings. The van der Waals surface area contributed by atoms with E-state index in [2.05, 4.69) is 24.4 Å². The Morgan fingerprint density at radius 1 is 1.05 bits per heavy atom. The lowest BCUT2D eigenvalue weighted by Crippen LogP contribution is -2.04. The molecule has 0 atom stereocenters. The van der Waals surface area contributed by atoms with Gasteiger partial charge in [-0.25, -0.2) is 0 Å². The molecule has 0 amide bonds. The first-order valence-electron chi connectivity index (χ1n) is 6.93. The number of rotatable bonds is 7. The van der Waals surface area contributed by atoms with Gasteiger partial charge >= 0.3 is 0 Å². The zero-order chi connectivity index (χ0) is 14.2. The molecule has 0 saturated heterocycles. The van der Waals surface area contributed by atoms with Crippen molar-refractivity contribution in [3.8, 4) is 5.75 Å². The van der Waals surface area contributed by atoms with Crippen molar-refractivity contribution in [1.82, 2.24) is 0 Å². The average Bonchev–Trinajstić information content (AvgIpc) is 2.45. The van der Waals surface area contributed by atoms with Gasteiger partial charge in [-0.1, -0.05) is 23.7 Å². The Kier molecular flexibility index (Phi) is 5.75. The first-order valence-corrected chi connectivity index (χ1v) is 7.31. The summed E-state index contributed by atoms with van der Waals surface area (Å²) < 4.78 is 5.71. The molecular weight excluding hydrogens is 270 g/mol.